The van der Waals surface area contributed by atoms with E-state index in [1.165, 1.54) is 11.5 Å². The highest BCUT2D eigenvalue weighted by atomic mass is 16.4. The van der Waals surface area contributed by atoms with E-state index in [1.807, 2.05) is 0 Å². The summed E-state index contributed by atoms with van der Waals surface area (Å²) in [5, 5.41) is 19.5. The summed E-state index contributed by atoms with van der Waals surface area (Å²) in [4.78, 5) is 10.6. The van der Waals surface area contributed by atoms with Crippen LogP contribution in [-0.4, -0.2) is 11.1 Å². The van der Waals surface area contributed by atoms with Crippen molar-refractivity contribution in [2.24, 2.45) is 0 Å². The monoisotopic (exact) mass is 181 g/mol. The Bertz CT molecular complexity index is 311. The number of hydrogen-bond donors (Lipinski definition) is 1. The Morgan fingerprint density at radius 3 is 2.92 bits per heavy atom. The first-order valence-electron chi connectivity index (χ1n) is 3.97. The molecule has 4 heteroatoms. The van der Waals surface area contributed by atoms with E-state index >= 15 is 0 Å². The molecule has 1 heterocycles. The molecule has 1 unspecified atom stereocenters. The fourth-order valence-electron chi connectivity index (χ4n) is 1.12. The van der Waals surface area contributed by atoms with Crippen molar-refractivity contribution in [3.63, 3.8) is 0 Å². The minimum atomic E-state index is -1.16. The molecule has 0 fully saturated rings. The van der Waals surface area contributed by atoms with E-state index in [-0.39, 0.29) is 6.61 Å². The van der Waals surface area contributed by atoms with Crippen molar-refractivity contribution in [3.05, 3.63) is 30.1 Å². The molecule has 0 amide bonds. The van der Waals surface area contributed by atoms with Crippen molar-refractivity contribution in [1.82, 2.24) is 0 Å². The van der Waals surface area contributed by atoms with Gasteiger partial charge in [0.05, 0.1) is 0 Å². The van der Waals surface area contributed by atoms with Crippen molar-refractivity contribution in [3.8, 4) is 0 Å². The van der Waals surface area contributed by atoms with Gasteiger partial charge >= 0.3 is 0 Å². The van der Waals surface area contributed by atoms with Crippen LogP contribution < -0.4 is 9.67 Å². The van der Waals surface area contributed by atoms with E-state index in [1.54, 1.807) is 24.4 Å². The summed E-state index contributed by atoms with van der Waals surface area (Å²) in [5.74, 6) is -1.16. The topological polar surface area (TPSA) is 64.2 Å². The zero-order chi connectivity index (χ0) is 9.84. The van der Waals surface area contributed by atoms with Crippen molar-refractivity contribution in [1.29, 1.82) is 0 Å². The fraction of sp³-hybridized carbons (Fsp3) is 0.333. The van der Waals surface area contributed by atoms with Gasteiger partial charge in [0.15, 0.2) is 12.2 Å². The zero-order valence-corrected chi connectivity index (χ0v) is 7.30. The summed E-state index contributed by atoms with van der Waals surface area (Å²) in [6.07, 6.45) is 1.60. The van der Waals surface area contributed by atoms with Crippen LogP contribution in [0.25, 0.3) is 0 Å². The fourth-order valence-corrected chi connectivity index (χ4v) is 1.12. The quantitative estimate of drug-likeness (QED) is 0.594. The Balaban J connectivity index is 3.05. The third-order valence-electron chi connectivity index (χ3n) is 1.90. The van der Waals surface area contributed by atoms with Gasteiger partial charge in [-0.25, -0.2) is 0 Å². The molecule has 0 bridgehead atoms. The lowest BCUT2D eigenvalue weighted by molar-refractivity contribution is -0.721. The molecule has 13 heavy (non-hydrogen) atoms. The molecule has 1 aromatic heterocycles. The number of carbonyl (C=O) groups excluding carboxylic acids is 1. The van der Waals surface area contributed by atoms with E-state index in [2.05, 4.69) is 0 Å². The van der Waals surface area contributed by atoms with Crippen molar-refractivity contribution < 1.29 is 19.6 Å². The summed E-state index contributed by atoms with van der Waals surface area (Å²) in [7, 11) is 0. The van der Waals surface area contributed by atoms with Crippen LogP contribution in [0.1, 0.15) is 18.7 Å². The molecule has 1 N–H and O–H groups in total. The minimum Gasteiger partial charge on any atom is -0.543 e. The lowest BCUT2D eigenvalue weighted by Gasteiger charge is -2.09. The number of aliphatic hydroxyl groups is 1. The van der Waals surface area contributed by atoms with Crippen LogP contribution in [0.5, 0.6) is 0 Å². The van der Waals surface area contributed by atoms with Crippen LogP contribution in [0.3, 0.4) is 0 Å². The van der Waals surface area contributed by atoms with Crippen LogP contribution in [-0.2, 0) is 11.4 Å². The Kier molecular flexibility index (Phi) is 2.97. The van der Waals surface area contributed by atoms with Gasteiger partial charge in [-0.1, -0.05) is 6.07 Å². The van der Waals surface area contributed by atoms with Gasteiger partial charge < -0.3 is 15.0 Å². The van der Waals surface area contributed by atoms with Crippen LogP contribution in [0.2, 0.25) is 0 Å². The average Bonchev–Trinajstić information content (AvgIpc) is 2.16. The first-order valence-corrected chi connectivity index (χ1v) is 3.97. The van der Waals surface area contributed by atoms with Crippen LogP contribution in [0, 0.1) is 0 Å². The predicted molar refractivity (Wildman–Crippen MR) is 42.3 cm³/mol. The maximum atomic E-state index is 10.6. The Morgan fingerprint density at radius 1 is 1.69 bits per heavy atom. The Labute approximate surface area is 76.1 Å². The van der Waals surface area contributed by atoms with E-state index < -0.39 is 12.0 Å². The molecule has 0 aliphatic heterocycles. The largest absolute Gasteiger partial charge is 0.543 e. The number of aliphatic hydroxyl groups excluding tert-OH is 1. The highest BCUT2D eigenvalue weighted by Gasteiger charge is 2.17. The number of rotatable bonds is 3. The lowest BCUT2D eigenvalue weighted by atomic mass is 10.2. The molecule has 4 nitrogen and oxygen atoms in total. The van der Waals surface area contributed by atoms with Crippen LogP contribution in [0.15, 0.2) is 24.4 Å². The van der Waals surface area contributed by atoms with Gasteiger partial charge in [0, 0.05) is 19.1 Å². The average molecular weight is 181 g/mol. The number of carbonyl (C=O) groups is 1. The number of aromatic nitrogens is 1. The maximum Gasteiger partial charge on any atom is 0.207 e. The molecule has 1 rings (SSSR count). The summed E-state index contributed by atoms with van der Waals surface area (Å²) in [6.45, 7) is 1.33. The Hall–Kier alpha value is -1.42. The molecule has 70 valence electrons. The highest BCUT2D eigenvalue weighted by molar-refractivity contribution is 5.66. The van der Waals surface area contributed by atoms with Crippen LogP contribution in [0.4, 0.5) is 0 Å². The molecule has 0 saturated carbocycles. The molecule has 0 aliphatic rings. The molecular formula is C9H11NO3. The number of nitrogens with zero attached hydrogens (tertiary/aromatic N) is 1. The van der Waals surface area contributed by atoms with E-state index in [4.69, 9.17) is 5.11 Å². The molecular weight excluding hydrogens is 170 g/mol. The standard InChI is InChI=1S/C9H11NO3/c1-7(9(12)13)10-5-3-2-4-8(10)6-11/h2-5,7,11H,6H2,1H3. The number of pyridine rings is 1. The molecule has 0 radical (unpaired) electrons. The summed E-state index contributed by atoms with van der Waals surface area (Å²) in [6, 6.07) is 4.35. The van der Waals surface area contributed by atoms with Crippen molar-refractivity contribution >= 4 is 5.97 Å². The third-order valence-corrected chi connectivity index (χ3v) is 1.90. The number of carboxylic acids is 1. The lowest BCUT2D eigenvalue weighted by Crippen LogP contribution is -2.50. The third kappa shape index (κ3) is 2.03. The number of aliphatic carboxylic acids is 1. The SMILES string of the molecule is CC(C(=O)[O-])[n+]1ccccc1CO. The predicted octanol–water partition coefficient (Wildman–Crippen LogP) is -1.22. The smallest absolute Gasteiger partial charge is 0.207 e. The Morgan fingerprint density at radius 2 is 2.38 bits per heavy atom. The van der Waals surface area contributed by atoms with Gasteiger partial charge in [-0.05, 0) is 0 Å². The van der Waals surface area contributed by atoms with Gasteiger partial charge in [-0.3, -0.25) is 0 Å². The molecule has 0 saturated heterocycles. The molecule has 1 aromatic rings. The van der Waals surface area contributed by atoms with E-state index in [9.17, 15) is 9.90 Å². The van der Waals surface area contributed by atoms with E-state index in [0.717, 1.165) is 0 Å². The summed E-state index contributed by atoms with van der Waals surface area (Å²) >= 11 is 0. The first kappa shape index (κ1) is 9.67. The van der Waals surface area contributed by atoms with Gasteiger partial charge in [0.1, 0.15) is 12.6 Å². The maximum absolute atomic E-state index is 10.6. The minimum absolute atomic E-state index is 0.182. The molecule has 0 aromatic carbocycles. The van der Waals surface area contributed by atoms with Gasteiger partial charge in [0.2, 0.25) is 5.69 Å². The highest BCUT2D eigenvalue weighted by Crippen LogP contribution is 1.97. The second kappa shape index (κ2) is 4.00. The first-order chi connectivity index (χ1) is 6.16. The molecule has 1 atom stereocenters. The number of hydrogen-bond acceptors (Lipinski definition) is 3. The van der Waals surface area contributed by atoms with Crippen molar-refractivity contribution in [2.75, 3.05) is 0 Å². The molecule has 0 spiro atoms. The normalized spacial score (nSPS) is 12.5. The van der Waals surface area contributed by atoms with Crippen molar-refractivity contribution in [2.45, 2.75) is 19.6 Å². The second-order valence-corrected chi connectivity index (χ2v) is 2.75. The molecule has 0 aliphatic carbocycles. The second-order valence-electron chi connectivity index (χ2n) is 2.75. The summed E-state index contributed by atoms with van der Waals surface area (Å²) in [5.41, 5.74) is 0.555. The number of carboxylic acid groups (broad SMARTS) is 1. The zero-order valence-electron chi connectivity index (χ0n) is 7.30. The van der Waals surface area contributed by atoms with Gasteiger partial charge in [-0.15, -0.1) is 0 Å². The van der Waals surface area contributed by atoms with E-state index in [0.29, 0.717) is 5.69 Å². The van der Waals surface area contributed by atoms with Gasteiger partial charge in [0.25, 0.3) is 0 Å². The van der Waals surface area contributed by atoms with Crippen LogP contribution >= 0.6 is 0 Å². The summed E-state index contributed by atoms with van der Waals surface area (Å²) < 4.78 is 1.47. The van der Waals surface area contributed by atoms with Gasteiger partial charge in [-0.2, -0.15) is 4.57 Å².